The Balaban J connectivity index is 1.90. The number of carbonyl (C=O) groups is 1. The Bertz CT molecular complexity index is 639. The predicted octanol–water partition coefficient (Wildman–Crippen LogP) is 4.34. The van der Waals surface area contributed by atoms with E-state index in [1.807, 2.05) is 13.8 Å². The molecule has 4 aliphatic rings. The molecule has 126 valence electrons. The molecule has 3 fully saturated rings. The average Bonchev–Trinajstić information content (AvgIpc) is 2.67. The minimum Gasteiger partial charge on any atom is -0.504 e. The summed E-state index contributed by atoms with van der Waals surface area (Å²) in [4.78, 5) is 12.7. The van der Waals surface area contributed by atoms with Gasteiger partial charge in [0.05, 0.1) is 6.61 Å². The SMILES string of the molecule is CC(C)C1=C[C@@]23CC[C@H]4C(C)(C)CCC[C@]4(CO2)C3=C(O)C1=O. The molecule has 0 aromatic rings. The smallest absolute Gasteiger partial charge is 0.223 e. The van der Waals surface area contributed by atoms with Crippen molar-refractivity contribution in [1.29, 1.82) is 0 Å². The number of aliphatic hydroxyl groups is 1. The van der Waals surface area contributed by atoms with Gasteiger partial charge in [-0.1, -0.05) is 34.1 Å². The first-order valence-electron chi connectivity index (χ1n) is 9.09. The van der Waals surface area contributed by atoms with E-state index in [4.69, 9.17) is 4.74 Å². The predicted molar refractivity (Wildman–Crippen MR) is 89.1 cm³/mol. The maximum Gasteiger partial charge on any atom is 0.223 e. The molecular weight excluding hydrogens is 288 g/mol. The molecule has 1 aliphatic heterocycles. The van der Waals surface area contributed by atoms with Crippen molar-refractivity contribution in [1.82, 2.24) is 0 Å². The topological polar surface area (TPSA) is 46.5 Å². The fraction of sp³-hybridized carbons (Fsp3) is 0.750. The summed E-state index contributed by atoms with van der Waals surface area (Å²) in [5.74, 6) is 0.454. The van der Waals surface area contributed by atoms with Crippen LogP contribution in [0.3, 0.4) is 0 Å². The highest BCUT2D eigenvalue weighted by Crippen LogP contribution is 2.68. The van der Waals surface area contributed by atoms with E-state index in [-0.39, 0.29) is 28.3 Å². The van der Waals surface area contributed by atoms with Crippen molar-refractivity contribution in [2.45, 2.75) is 65.4 Å². The highest BCUT2D eigenvalue weighted by Gasteiger charge is 2.66. The molecule has 0 aromatic heterocycles. The molecule has 4 rings (SSSR count). The summed E-state index contributed by atoms with van der Waals surface area (Å²) < 4.78 is 6.37. The van der Waals surface area contributed by atoms with Crippen LogP contribution in [0, 0.1) is 22.7 Å². The maximum absolute atomic E-state index is 12.7. The van der Waals surface area contributed by atoms with E-state index in [9.17, 15) is 9.90 Å². The van der Waals surface area contributed by atoms with E-state index < -0.39 is 5.60 Å². The Kier molecular flexibility index (Phi) is 3.02. The lowest BCUT2D eigenvalue weighted by atomic mass is 9.47. The third-order valence-corrected chi connectivity index (χ3v) is 7.09. The fourth-order valence-electron chi connectivity index (χ4n) is 6.09. The van der Waals surface area contributed by atoms with Crippen molar-refractivity contribution in [3.8, 4) is 0 Å². The monoisotopic (exact) mass is 316 g/mol. The number of hydrogen-bond donors (Lipinski definition) is 1. The van der Waals surface area contributed by atoms with Gasteiger partial charge in [-0.3, -0.25) is 4.79 Å². The van der Waals surface area contributed by atoms with Crippen molar-refractivity contribution in [2.75, 3.05) is 6.61 Å². The van der Waals surface area contributed by atoms with Crippen LogP contribution >= 0.6 is 0 Å². The molecule has 23 heavy (non-hydrogen) atoms. The van der Waals surface area contributed by atoms with Crippen LogP contribution < -0.4 is 0 Å². The summed E-state index contributed by atoms with van der Waals surface area (Å²) in [6.07, 6.45) is 7.49. The van der Waals surface area contributed by atoms with E-state index in [1.165, 1.54) is 6.42 Å². The first kappa shape index (κ1) is 15.4. The summed E-state index contributed by atoms with van der Waals surface area (Å²) in [5, 5.41) is 10.9. The fourth-order valence-corrected chi connectivity index (χ4v) is 6.09. The average molecular weight is 316 g/mol. The van der Waals surface area contributed by atoms with Crippen LogP contribution in [0.1, 0.15) is 59.8 Å². The Labute approximate surface area is 138 Å². The second-order valence-corrected chi connectivity index (χ2v) is 9.07. The number of aliphatic hydroxyl groups excluding tert-OH is 1. The molecule has 3 nitrogen and oxygen atoms in total. The van der Waals surface area contributed by atoms with Gasteiger partial charge in [-0.15, -0.1) is 0 Å². The lowest BCUT2D eigenvalue weighted by Gasteiger charge is -2.55. The third kappa shape index (κ3) is 1.77. The maximum atomic E-state index is 12.7. The second kappa shape index (κ2) is 4.50. The van der Waals surface area contributed by atoms with Crippen LogP contribution in [0.15, 0.2) is 23.0 Å². The quantitative estimate of drug-likeness (QED) is 0.783. The number of hydrogen-bond acceptors (Lipinski definition) is 3. The minimum absolute atomic E-state index is 0.0103. The zero-order chi connectivity index (χ0) is 16.6. The molecule has 1 saturated heterocycles. The van der Waals surface area contributed by atoms with Gasteiger partial charge in [0.2, 0.25) is 5.78 Å². The summed E-state index contributed by atoms with van der Waals surface area (Å²) in [6.45, 7) is 9.39. The Morgan fingerprint density at radius 1 is 1.26 bits per heavy atom. The minimum atomic E-state index is -0.512. The lowest BCUT2D eigenvalue weighted by molar-refractivity contribution is -0.116. The molecule has 1 spiro atoms. The third-order valence-electron chi connectivity index (χ3n) is 7.09. The zero-order valence-electron chi connectivity index (χ0n) is 14.7. The zero-order valence-corrected chi connectivity index (χ0v) is 14.7. The van der Waals surface area contributed by atoms with Gasteiger partial charge < -0.3 is 9.84 Å². The number of ketones is 1. The molecule has 0 aromatic carbocycles. The number of rotatable bonds is 1. The van der Waals surface area contributed by atoms with Crippen LogP contribution in [0.2, 0.25) is 0 Å². The molecule has 0 radical (unpaired) electrons. The van der Waals surface area contributed by atoms with Gasteiger partial charge in [0.25, 0.3) is 0 Å². The number of carbonyl (C=O) groups excluding carboxylic acids is 1. The number of allylic oxidation sites excluding steroid dienone is 1. The van der Waals surface area contributed by atoms with Crippen LogP contribution in [-0.2, 0) is 9.53 Å². The molecule has 3 atom stereocenters. The molecule has 3 aliphatic carbocycles. The van der Waals surface area contributed by atoms with Gasteiger partial charge in [0.1, 0.15) is 5.60 Å². The van der Waals surface area contributed by atoms with E-state index >= 15 is 0 Å². The molecule has 1 heterocycles. The van der Waals surface area contributed by atoms with Gasteiger partial charge in [-0.2, -0.15) is 0 Å². The van der Waals surface area contributed by atoms with E-state index in [1.54, 1.807) is 0 Å². The Morgan fingerprint density at radius 3 is 2.70 bits per heavy atom. The molecule has 0 unspecified atom stereocenters. The molecule has 2 bridgehead atoms. The van der Waals surface area contributed by atoms with E-state index in [2.05, 4.69) is 19.9 Å². The largest absolute Gasteiger partial charge is 0.504 e. The van der Waals surface area contributed by atoms with Gasteiger partial charge in [-0.25, -0.2) is 0 Å². The highest BCUT2D eigenvalue weighted by atomic mass is 16.5. The van der Waals surface area contributed by atoms with E-state index in [0.29, 0.717) is 12.5 Å². The second-order valence-electron chi connectivity index (χ2n) is 9.07. The molecule has 1 N–H and O–H groups in total. The Hall–Kier alpha value is -1.09. The summed E-state index contributed by atoms with van der Waals surface area (Å²) in [7, 11) is 0. The highest BCUT2D eigenvalue weighted by molar-refractivity contribution is 6.09. The van der Waals surface area contributed by atoms with Crippen molar-refractivity contribution in [3.63, 3.8) is 0 Å². The van der Waals surface area contributed by atoms with Crippen molar-refractivity contribution in [2.24, 2.45) is 22.7 Å². The van der Waals surface area contributed by atoms with Crippen molar-refractivity contribution < 1.29 is 14.6 Å². The van der Waals surface area contributed by atoms with Gasteiger partial charge in [0, 0.05) is 16.6 Å². The van der Waals surface area contributed by atoms with Crippen LogP contribution in [0.5, 0.6) is 0 Å². The normalized spacial score (nSPS) is 41.7. The summed E-state index contributed by atoms with van der Waals surface area (Å²) >= 11 is 0. The number of ether oxygens (including phenoxy) is 1. The van der Waals surface area contributed by atoms with Crippen LogP contribution in [0.4, 0.5) is 0 Å². The molecular formula is C20H28O3. The summed E-state index contributed by atoms with van der Waals surface area (Å²) in [6, 6.07) is 0. The molecule has 0 amide bonds. The molecule has 2 saturated carbocycles. The Morgan fingerprint density at radius 2 is 2.00 bits per heavy atom. The summed E-state index contributed by atoms with van der Waals surface area (Å²) in [5.41, 5.74) is 1.26. The van der Waals surface area contributed by atoms with Crippen molar-refractivity contribution in [3.05, 3.63) is 23.0 Å². The van der Waals surface area contributed by atoms with Gasteiger partial charge in [-0.05, 0) is 49.0 Å². The first-order valence-corrected chi connectivity index (χ1v) is 9.09. The van der Waals surface area contributed by atoms with Crippen LogP contribution in [0.25, 0.3) is 0 Å². The standard InChI is InChI=1S/C20H28O3/c1-12(2)13-10-20-9-6-14-18(3,4)7-5-8-19(14,11-23-20)17(20)16(22)15(13)21/h10,12,14,22H,5-9,11H2,1-4H3/t14-,19+,20+/m0/s1. The lowest BCUT2D eigenvalue weighted by Crippen LogP contribution is -2.52. The van der Waals surface area contributed by atoms with Gasteiger partial charge >= 0.3 is 0 Å². The number of Topliss-reactive ketones (excluding diaryl/α,β-unsaturated/α-hetero) is 1. The van der Waals surface area contributed by atoms with Crippen LogP contribution in [-0.4, -0.2) is 23.1 Å². The van der Waals surface area contributed by atoms with E-state index in [0.717, 1.165) is 36.8 Å². The van der Waals surface area contributed by atoms with Gasteiger partial charge in [0.15, 0.2) is 5.76 Å². The molecule has 3 heteroatoms. The van der Waals surface area contributed by atoms with Crippen molar-refractivity contribution >= 4 is 5.78 Å². The first-order chi connectivity index (χ1) is 10.7.